The van der Waals surface area contributed by atoms with Crippen molar-refractivity contribution in [3.05, 3.63) is 77.5 Å². The molecule has 2 aliphatic rings. The predicted molar refractivity (Wildman–Crippen MR) is 117 cm³/mol. The highest BCUT2D eigenvalue weighted by Gasteiger charge is 2.52. The van der Waals surface area contributed by atoms with Crippen molar-refractivity contribution in [1.82, 2.24) is 10.3 Å². The van der Waals surface area contributed by atoms with Gasteiger partial charge in [0, 0.05) is 18.8 Å². The van der Waals surface area contributed by atoms with Crippen LogP contribution in [0.25, 0.3) is 0 Å². The van der Waals surface area contributed by atoms with Crippen LogP contribution < -0.4 is 19.5 Å². The van der Waals surface area contributed by atoms with E-state index in [-0.39, 0.29) is 24.5 Å². The molecule has 8 heteroatoms. The summed E-state index contributed by atoms with van der Waals surface area (Å²) in [6.07, 6.45) is 3.15. The largest absolute Gasteiger partial charge is 0.468 e. The zero-order valence-electron chi connectivity index (χ0n) is 18.0. The van der Waals surface area contributed by atoms with E-state index in [1.54, 1.807) is 36.5 Å². The Morgan fingerprint density at radius 2 is 1.85 bits per heavy atom. The van der Waals surface area contributed by atoms with E-state index in [0.29, 0.717) is 29.4 Å². The standard InChI is InChI=1S/C25H22N2O6/c1-30-24(29)25(10-11-25)17-6-4-16(5-7-17)14-27-22(28)19-3-2-12-26-23(19)33-18-8-9-20-21(13-18)32-15-31-20/h2-9,12-13H,10-11,14-15H2,1H3,(H,27,28). The van der Waals surface area contributed by atoms with Crippen LogP contribution >= 0.6 is 0 Å². The predicted octanol–water partition coefficient (Wildman–Crippen LogP) is 3.74. The summed E-state index contributed by atoms with van der Waals surface area (Å²) >= 11 is 0. The molecule has 2 aromatic carbocycles. The van der Waals surface area contributed by atoms with Gasteiger partial charge >= 0.3 is 5.97 Å². The van der Waals surface area contributed by atoms with Gasteiger partial charge in [-0.15, -0.1) is 0 Å². The summed E-state index contributed by atoms with van der Waals surface area (Å²) in [6, 6.07) is 16.2. The van der Waals surface area contributed by atoms with Gasteiger partial charge < -0.3 is 24.3 Å². The quantitative estimate of drug-likeness (QED) is 0.553. The SMILES string of the molecule is COC(=O)C1(c2ccc(CNC(=O)c3cccnc3Oc3ccc4c(c3)OCO4)cc2)CC1. The van der Waals surface area contributed by atoms with Crippen molar-refractivity contribution < 1.29 is 28.5 Å². The third kappa shape index (κ3) is 4.07. The monoisotopic (exact) mass is 446 g/mol. The molecule has 0 saturated heterocycles. The zero-order valence-corrected chi connectivity index (χ0v) is 18.0. The van der Waals surface area contributed by atoms with Crippen molar-refractivity contribution in [3.63, 3.8) is 0 Å². The van der Waals surface area contributed by atoms with Gasteiger partial charge in [0.15, 0.2) is 11.5 Å². The van der Waals surface area contributed by atoms with Crippen LogP contribution in [0.1, 0.15) is 34.3 Å². The fourth-order valence-corrected chi connectivity index (χ4v) is 3.85. The van der Waals surface area contributed by atoms with Gasteiger partial charge in [-0.1, -0.05) is 24.3 Å². The number of nitrogens with one attached hydrogen (secondary N) is 1. The summed E-state index contributed by atoms with van der Waals surface area (Å²) in [6.45, 7) is 0.489. The molecule has 2 heterocycles. The Morgan fingerprint density at radius 3 is 2.61 bits per heavy atom. The number of hydrogen-bond acceptors (Lipinski definition) is 7. The van der Waals surface area contributed by atoms with Crippen molar-refractivity contribution in [3.8, 4) is 23.1 Å². The Labute approximate surface area is 190 Å². The molecule has 1 amide bonds. The lowest BCUT2D eigenvalue weighted by molar-refractivity contribution is -0.143. The van der Waals surface area contributed by atoms with Crippen LogP contribution in [0.4, 0.5) is 0 Å². The molecule has 3 aromatic rings. The van der Waals surface area contributed by atoms with Gasteiger partial charge in [-0.05, 0) is 48.2 Å². The van der Waals surface area contributed by atoms with Crippen LogP contribution in [0.3, 0.4) is 0 Å². The lowest BCUT2D eigenvalue weighted by atomic mass is 9.95. The maximum atomic E-state index is 12.8. The molecule has 33 heavy (non-hydrogen) atoms. The molecular weight excluding hydrogens is 424 g/mol. The second kappa shape index (κ2) is 8.46. The summed E-state index contributed by atoms with van der Waals surface area (Å²) in [5, 5.41) is 2.90. The Bertz CT molecular complexity index is 1200. The second-order valence-electron chi connectivity index (χ2n) is 7.93. The average Bonchev–Trinajstić information content (AvgIpc) is 3.53. The summed E-state index contributed by atoms with van der Waals surface area (Å²) < 4.78 is 21.5. The van der Waals surface area contributed by atoms with E-state index in [1.165, 1.54) is 7.11 Å². The lowest BCUT2D eigenvalue weighted by Crippen LogP contribution is -2.24. The van der Waals surface area contributed by atoms with E-state index < -0.39 is 5.41 Å². The molecular formula is C25H22N2O6. The van der Waals surface area contributed by atoms with E-state index in [9.17, 15) is 9.59 Å². The normalized spacial score (nSPS) is 14.9. The molecule has 1 saturated carbocycles. The van der Waals surface area contributed by atoms with Crippen LogP contribution in [0.15, 0.2) is 60.8 Å². The first-order valence-electron chi connectivity index (χ1n) is 10.6. The Balaban J connectivity index is 1.25. The van der Waals surface area contributed by atoms with Crippen molar-refractivity contribution in [2.24, 2.45) is 0 Å². The highest BCUT2D eigenvalue weighted by molar-refractivity contribution is 5.96. The molecule has 8 nitrogen and oxygen atoms in total. The minimum absolute atomic E-state index is 0.167. The number of amides is 1. The number of benzene rings is 2. The number of carbonyl (C=O) groups excluding carboxylic acids is 2. The summed E-state index contributed by atoms with van der Waals surface area (Å²) in [4.78, 5) is 29.1. The van der Waals surface area contributed by atoms with E-state index in [2.05, 4.69) is 10.3 Å². The van der Waals surface area contributed by atoms with E-state index in [0.717, 1.165) is 24.0 Å². The maximum absolute atomic E-state index is 12.8. The first-order valence-corrected chi connectivity index (χ1v) is 10.6. The number of hydrogen-bond donors (Lipinski definition) is 1. The van der Waals surface area contributed by atoms with Gasteiger partial charge in [0.05, 0.1) is 12.5 Å². The molecule has 0 atom stereocenters. The minimum Gasteiger partial charge on any atom is -0.468 e. The van der Waals surface area contributed by atoms with Gasteiger partial charge in [-0.25, -0.2) is 4.98 Å². The van der Waals surface area contributed by atoms with Crippen molar-refractivity contribution in [1.29, 1.82) is 0 Å². The number of pyridine rings is 1. The number of aromatic nitrogens is 1. The van der Waals surface area contributed by atoms with Gasteiger partial charge in [0.25, 0.3) is 5.91 Å². The van der Waals surface area contributed by atoms with E-state index in [4.69, 9.17) is 18.9 Å². The molecule has 0 spiro atoms. The Kier molecular flexibility index (Phi) is 5.34. The van der Waals surface area contributed by atoms with Gasteiger partial charge in [-0.3, -0.25) is 9.59 Å². The van der Waals surface area contributed by atoms with Crippen molar-refractivity contribution in [2.45, 2.75) is 24.8 Å². The molecule has 0 bridgehead atoms. The smallest absolute Gasteiger partial charge is 0.316 e. The number of fused-ring (bicyclic) bond motifs is 1. The molecule has 0 unspecified atom stereocenters. The summed E-state index contributed by atoms with van der Waals surface area (Å²) in [5.41, 5.74) is 1.66. The second-order valence-corrected chi connectivity index (χ2v) is 7.93. The molecule has 1 aliphatic carbocycles. The number of ether oxygens (including phenoxy) is 4. The van der Waals surface area contributed by atoms with Gasteiger partial charge in [-0.2, -0.15) is 0 Å². The first kappa shape index (κ1) is 20.8. The molecule has 1 aliphatic heterocycles. The third-order valence-corrected chi connectivity index (χ3v) is 5.86. The average molecular weight is 446 g/mol. The van der Waals surface area contributed by atoms with Gasteiger partial charge in [0.1, 0.15) is 11.3 Å². The molecule has 1 aromatic heterocycles. The van der Waals surface area contributed by atoms with Crippen LogP contribution in [0.2, 0.25) is 0 Å². The van der Waals surface area contributed by atoms with Gasteiger partial charge in [0.2, 0.25) is 12.7 Å². The van der Waals surface area contributed by atoms with E-state index in [1.807, 2.05) is 24.3 Å². The topological polar surface area (TPSA) is 96.0 Å². The zero-order chi connectivity index (χ0) is 22.8. The van der Waals surface area contributed by atoms with Crippen LogP contribution in [-0.4, -0.2) is 30.8 Å². The minimum atomic E-state index is -0.507. The molecule has 168 valence electrons. The highest BCUT2D eigenvalue weighted by atomic mass is 16.7. The van der Waals surface area contributed by atoms with Crippen LogP contribution in [0.5, 0.6) is 23.1 Å². The highest BCUT2D eigenvalue weighted by Crippen LogP contribution is 2.49. The van der Waals surface area contributed by atoms with E-state index >= 15 is 0 Å². The molecule has 0 radical (unpaired) electrons. The summed E-state index contributed by atoms with van der Waals surface area (Å²) in [5.74, 6) is 1.40. The Hall–Kier alpha value is -4.07. The summed E-state index contributed by atoms with van der Waals surface area (Å²) in [7, 11) is 1.41. The van der Waals surface area contributed by atoms with Crippen LogP contribution in [-0.2, 0) is 21.5 Å². The third-order valence-electron chi connectivity index (χ3n) is 5.86. The number of rotatable bonds is 7. The first-order chi connectivity index (χ1) is 16.1. The van der Waals surface area contributed by atoms with Crippen molar-refractivity contribution >= 4 is 11.9 Å². The van der Waals surface area contributed by atoms with Crippen LogP contribution in [0, 0.1) is 0 Å². The fraction of sp³-hybridized carbons (Fsp3) is 0.240. The maximum Gasteiger partial charge on any atom is 0.316 e. The number of nitrogens with zero attached hydrogens (tertiary/aromatic N) is 1. The number of carbonyl (C=O) groups is 2. The molecule has 1 fully saturated rings. The Morgan fingerprint density at radius 1 is 1.06 bits per heavy atom. The lowest BCUT2D eigenvalue weighted by Gasteiger charge is -2.14. The molecule has 5 rings (SSSR count). The molecule has 1 N–H and O–H groups in total. The fourth-order valence-electron chi connectivity index (χ4n) is 3.85. The van der Waals surface area contributed by atoms with Crippen molar-refractivity contribution in [2.75, 3.05) is 13.9 Å². The number of methoxy groups -OCH3 is 1. The number of esters is 1.